The summed E-state index contributed by atoms with van der Waals surface area (Å²) in [6, 6.07) is 2.38. The Kier molecular flexibility index (Phi) is 5.30. The van der Waals surface area contributed by atoms with Crippen molar-refractivity contribution in [3.05, 3.63) is 0 Å². The monoisotopic (exact) mass is 266 g/mol. The standard InChI is InChI=1S/C17H34N2/c1-6-14(4)10-15(5)19-11-16-8-7-9-18(16)12-17(19)13(2)3/h13-17H,6-12H2,1-5H3. The molecule has 0 radical (unpaired) electrons. The van der Waals surface area contributed by atoms with Crippen LogP contribution in [0.25, 0.3) is 0 Å². The zero-order valence-electron chi connectivity index (χ0n) is 13.7. The van der Waals surface area contributed by atoms with E-state index in [4.69, 9.17) is 0 Å². The molecule has 0 saturated carbocycles. The topological polar surface area (TPSA) is 6.48 Å². The van der Waals surface area contributed by atoms with Gasteiger partial charge in [0.25, 0.3) is 0 Å². The van der Waals surface area contributed by atoms with Gasteiger partial charge in [-0.25, -0.2) is 0 Å². The SMILES string of the molecule is CCC(C)CC(C)N1CC2CCCN2CC1C(C)C. The highest BCUT2D eigenvalue weighted by atomic mass is 15.3. The van der Waals surface area contributed by atoms with Crippen LogP contribution in [0.3, 0.4) is 0 Å². The maximum Gasteiger partial charge on any atom is 0.0249 e. The summed E-state index contributed by atoms with van der Waals surface area (Å²) in [6.45, 7) is 16.0. The summed E-state index contributed by atoms with van der Waals surface area (Å²) < 4.78 is 0. The molecule has 2 fully saturated rings. The van der Waals surface area contributed by atoms with Crippen LogP contribution in [0.4, 0.5) is 0 Å². The molecule has 4 atom stereocenters. The zero-order valence-corrected chi connectivity index (χ0v) is 13.7. The lowest BCUT2D eigenvalue weighted by Gasteiger charge is -2.48. The molecule has 0 aromatic rings. The second-order valence-corrected chi connectivity index (χ2v) is 7.40. The fourth-order valence-electron chi connectivity index (χ4n) is 4.05. The molecule has 112 valence electrons. The molecule has 4 unspecified atom stereocenters. The number of hydrogen-bond acceptors (Lipinski definition) is 2. The third kappa shape index (κ3) is 3.52. The van der Waals surface area contributed by atoms with Crippen molar-refractivity contribution in [3.8, 4) is 0 Å². The lowest BCUT2D eigenvalue weighted by atomic mass is 9.92. The van der Waals surface area contributed by atoms with E-state index < -0.39 is 0 Å². The van der Waals surface area contributed by atoms with Crippen LogP contribution < -0.4 is 0 Å². The van der Waals surface area contributed by atoms with Gasteiger partial charge < -0.3 is 0 Å². The van der Waals surface area contributed by atoms with E-state index in [1.165, 1.54) is 45.3 Å². The Balaban J connectivity index is 2.02. The summed E-state index contributed by atoms with van der Waals surface area (Å²) in [5.41, 5.74) is 0. The summed E-state index contributed by atoms with van der Waals surface area (Å²) in [7, 11) is 0. The molecule has 19 heavy (non-hydrogen) atoms. The third-order valence-corrected chi connectivity index (χ3v) is 5.54. The van der Waals surface area contributed by atoms with Gasteiger partial charge in [-0.15, -0.1) is 0 Å². The lowest BCUT2D eigenvalue weighted by Crippen LogP contribution is -2.60. The van der Waals surface area contributed by atoms with Crippen LogP contribution in [0.2, 0.25) is 0 Å². The molecular formula is C17H34N2. The van der Waals surface area contributed by atoms with Crippen LogP contribution in [0, 0.1) is 11.8 Å². The van der Waals surface area contributed by atoms with Crippen LogP contribution >= 0.6 is 0 Å². The second kappa shape index (κ2) is 6.58. The van der Waals surface area contributed by atoms with E-state index in [9.17, 15) is 0 Å². The van der Waals surface area contributed by atoms with Crippen molar-refractivity contribution >= 4 is 0 Å². The maximum atomic E-state index is 2.85. The predicted molar refractivity (Wildman–Crippen MR) is 83.5 cm³/mol. The number of hydrogen-bond donors (Lipinski definition) is 0. The van der Waals surface area contributed by atoms with Crippen LogP contribution in [0.5, 0.6) is 0 Å². The molecule has 0 spiro atoms. The van der Waals surface area contributed by atoms with Crippen LogP contribution in [-0.4, -0.2) is 47.6 Å². The number of rotatable bonds is 5. The average molecular weight is 266 g/mol. The van der Waals surface area contributed by atoms with Gasteiger partial charge in [-0.2, -0.15) is 0 Å². The Morgan fingerprint density at radius 1 is 1.11 bits per heavy atom. The Morgan fingerprint density at radius 2 is 1.84 bits per heavy atom. The molecule has 2 rings (SSSR count). The molecule has 0 aromatic carbocycles. The highest BCUT2D eigenvalue weighted by Gasteiger charge is 2.39. The molecule has 0 aliphatic carbocycles. The number of nitrogens with zero attached hydrogens (tertiary/aromatic N) is 2. The molecule has 2 heteroatoms. The number of fused-ring (bicyclic) bond motifs is 1. The Hall–Kier alpha value is -0.0800. The first kappa shape index (κ1) is 15.3. The van der Waals surface area contributed by atoms with Gasteiger partial charge in [-0.3, -0.25) is 9.80 Å². The molecule has 2 heterocycles. The smallest absolute Gasteiger partial charge is 0.0249 e. The largest absolute Gasteiger partial charge is 0.298 e. The Morgan fingerprint density at radius 3 is 2.47 bits per heavy atom. The molecule has 2 aliphatic rings. The minimum absolute atomic E-state index is 0.755. The van der Waals surface area contributed by atoms with E-state index >= 15 is 0 Å². The first-order valence-corrected chi connectivity index (χ1v) is 8.52. The van der Waals surface area contributed by atoms with Crippen molar-refractivity contribution in [1.29, 1.82) is 0 Å². The van der Waals surface area contributed by atoms with E-state index in [2.05, 4.69) is 44.4 Å². The van der Waals surface area contributed by atoms with Gasteiger partial charge in [-0.1, -0.05) is 34.1 Å². The first-order chi connectivity index (χ1) is 9.02. The quantitative estimate of drug-likeness (QED) is 0.750. The van der Waals surface area contributed by atoms with Crippen molar-refractivity contribution < 1.29 is 0 Å². The minimum Gasteiger partial charge on any atom is -0.298 e. The van der Waals surface area contributed by atoms with Gasteiger partial charge in [0.2, 0.25) is 0 Å². The van der Waals surface area contributed by atoms with E-state index in [0.717, 1.165) is 30.0 Å². The third-order valence-electron chi connectivity index (χ3n) is 5.54. The van der Waals surface area contributed by atoms with Gasteiger partial charge in [0.15, 0.2) is 0 Å². The normalized spacial score (nSPS) is 32.5. The fourth-order valence-corrected chi connectivity index (χ4v) is 4.05. The van der Waals surface area contributed by atoms with Gasteiger partial charge in [0.1, 0.15) is 0 Å². The zero-order chi connectivity index (χ0) is 14.0. The van der Waals surface area contributed by atoms with Crippen LogP contribution in [0.1, 0.15) is 60.3 Å². The van der Waals surface area contributed by atoms with Gasteiger partial charge in [0.05, 0.1) is 0 Å². The summed E-state index contributed by atoms with van der Waals surface area (Å²) >= 11 is 0. The Labute approximate surface area is 120 Å². The van der Waals surface area contributed by atoms with E-state index in [1.807, 2.05) is 0 Å². The van der Waals surface area contributed by atoms with Crippen molar-refractivity contribution in [2.75, 3.05) is 19.6 Å². The highest BCUT2D eigenvalue weighted by molar-refractivity contribution is 4.95. The second-order valence-electron chi connectivity index (χ2n) is 7.40. The molecule has 0 aromatic heterocycles. The van der Waals surface area contributed by atoms with E-state index in [-0.39, 0.29) is 0 Å². The van der Waals surface area contributed by atoms with Crippen molar-refractivity contribution in [3.63, 3.8) is 0 Å². The molecule has 2 saturated heterocycles. The van der Waals surface area contributed by atoms with Crippen molar-refractivity contribution in [1.82, 2.24) is 9.80 Å². The lowest BCUT2D eigenvalue weighted by molar-refractivity contribution is -0.000955. The van der Waals surface area contributed by atoms with Crippen LogP contribution in [-0.2, 0) is 0 Å². The maximum absolute atomic E-state index is 2.85. The fraction of sp³-hybridized carbons (Fsp3) is 1.00. The molecule has 0 amide bonds. The molecule has 0 N–H and O–H groups in total. The average Bonchev–Trinajstić information content (AvgIpc) is 2.83. The van der Waals surface area contributed by atoms with Gasteiger partial charge in [0, 0.05) is 31.2 Å². The molecule has 2 aliphatic heterocycles. The van der Waals surface area contributed by atoms with Gasteiger partial charge >= 0.3 is 0 Å². The van der Waals surface area contributed by atoms with Crippen LogP contribution in [0.15, 0.2) is 0 Å². The molecular weight excluding hydrogens is 232 g/mol. The highest BCUT2D eigenvalue weighted by Crippen LogP contribution is 2.30. The Bertz CT molecular complexity index is 276. The molecule has 0 bridgehead atoms. The predicted octanol–water partition coefficient (Wildman–Crippen LogP) is 3.62. The summed E-state index contributed by atoms with van der Waals surface area (Å²) in [6.07, 6.45) is 5.53. The van der Waals surface area contributed by atoms with E-state index in [1.54, 1.807) is 0 Å². The number of piperazine rings is 1. The summed E-state index contributed by atoms with van der Waals surface area (Å²) in [5.74, 6) is 1.64. The minimum atomic E-state index is 0.755. The van der Waals surface area contributed by atoms with Crippen molar-refractivity contribution in [2.24, 2.45) is 11.8 Å². The molecule has 2 nitrogen and oxygen atoms in total. The summed E-state index contributed by atoms with van der Waals surface area (Å²) in [4.78, 5) is 5.61. The van der Waals surface area contributed by atoms with Crippen molar-refractivity contribution in [2.45, 2.75) is 78.4 Å². The summed E-state index contributed by atoms with van der Waals surface area (Å²) in [5, 5.41) is 0. The first-order valence-electron chi connectivity index (χ1n) is 8.52. The van der Waals surface area contributed by atoms with Gasteiger partial charge in [-0.05, 0) is 44.6 Å². The van der Waals surface area contributed by atoms with E-state index in [0.29, 0.717) is 0 Å².